The minimum atomic E-state index is -0.145. The minimum Gasteiger partial charge on any atom is -0.465 e. The van der Waals surface area contributed by atoms with Crippen LogP contribution in [-0.2, 0) is 9.53 Å². The average molecular weight is 185 g/mol. The second-order valence-corrected chi connectivity index (χ2v) is 3.73. The molecule has 1 aliphatic carbocycles. The molecule has 0 atom stereocenters. The predicted molar refractivity (Wildman–Crippen MR) is 51.2 cm³/mol. The molecule has 0 saturated heterocycles. The van der Waals surface area contributed by atoms with Gasteiger partial charge in [0.2, 0.25) is 0 Å². The summed E-state index contributed by atoms with van der Waals surface area (Å²) in [5.41, 5.74) is 5.24. The highest BCUT2D eigenvalue weighted by Gasteiger charge is 2.14. The standard InChI is InChI=1S/C10H19NO2/c11-7-6-10(12)13-8-9-4-2-1-3-5-9/h9H,1-8,11H2. The topological polar surface area (TPSA) is 52.3 Å². The summed E-state index contributed by atoms with van der Waals surface area (Å²) in [5, 5.41) is 0. The molecule has 3 nitrogen and oxygen atoms in total. The molecule has 3 heteroatoms. The van der Waals surface area contributed by atoms with Gasteiger partial charge in [0, 0.05) is 6.54 Å². The Bertz CT molecular complexity index is 153. The quantitative estimate of drug-likeness (QED) is 0.674. The van der Waals surface area contributed by atoms with Crippen LogP contribution in [0.5, 0.6) is 0 Å². The van der Waals surface area contributed by atoms with Gasteiger partial charge in [-0.15, -0.1) is 0 Å². The number of carbonyl (C=O) groups excluding carboxylic acids is 1. The molecule has 1 saturated carbocycles. The normalized spacial score (nSPS) is 18.5. The van der Waals surface area contributed by atoms with E-state index in [1.807, 2.05) is 0 Å². The van der Waals surface area contributed by atoms with Crippen LogP contribution < -0.4 is 5.73 Å². The van der Waals surface area contributed by atoms with Crippen molar-refractivity contribution in [3.05, 3.63) is 0 Å². The van der Waals surface area contributed by atoms with Crippen LogP contribution in [0.3, 0.4) is 0 Å². The van der Waals surface area contributed by atoms with Gasteiger partial charge in [-0.1, -0.05) is 19.3 Å². The minimum absolute atomic E-state index is 0.145. The summed E-state index contributed by atoms with van der Waals surface area (Å²) in [4.78, 5) is 11.0. The molecule has 0 radical (unpaired) electrons. The Labute approximate surface area is 79.6 Å². The Hall–Kier alpha value is -0.570. The van der Waals surface area contributed by atoms with Gasteiger partial charge in [0.15, 0.2) is 0 Å². The highest BCUT2D eigenvalue weighted by atomic mass is 16.5. The number of hydrogen-bond donors (Lipinski definition) is 1. The summed E-state index contributed by atoms with van der Waals surface area (Å²) in [6.07, 6.45) is 6.71. The average Bonchev–Trinajstić information content (AvgIpc) is 2.17. The number of carbonyl (C=O) groups is 1. The second kappa shape index (κ2) is 5.97. The Balaban J connectivity index is 2.06. The van der Waals surface area contributed by atoms with E-state index in [2.05, 4.69) is 0 Å². The van der Waals surface area contributed by atoms with Gasteiger partial charge < -0.3 is 10.5 Å². The van der Waals surface area contributed by atoms with Crippen molar-refractivity contribution in [2.75, 3.05) is 13.2 Å². The Morgan fingerprint density at radius 2 is 2.00 bits per heavy atom. The van der Waals surface area contributed by atoms with Gasteiger partial charge in [0.25, 0.3) is 0 Å². The van der Waals surface area contributed by atoms with Crippen molar-refractivity contribution in [2.45, 2.75) is 38.5 Å². The van der Waals surface area contributed by atoms with Crippen LogP contribution in [0.25, 0.3) is 0 Å². The predicted octanol–water partition coefficient (Wildman–Crippen LogP) is 1.46. The van der Waals surface area contributed by atoms with Gasteiger partial charge in [-0.3, -0.25) is 4.79 Å². The molecule has 0 aromatic carbocycles. The van der Waals surface area contributed by atoms with Crippen LogP contribution in [0, 0.1) is 5.92 Å². The molecule has 0 aromatic heterocycles. The molecule has 0 spiro atoms. The first-order valence-corrected chi connectivity index (χ1v) is 5.18. The summed E-state index contributed by atoms with van der Waals surface area (Å²) in [7, 11) is 0. The molecule has 2 N–H and O–H groups in total. The van der Waals surface area contributed by atoms with Crippen LogP contribution in [0.15, 0.2) is 0 Å². The van der Waals surface area contributed by atoms with Gasteiger partial charge >= 0.3 is 5.97 Å². The Kier molecular flexibility index (Phi) is 4.83. The second-order valence-electron chi connectivity index (χ2n) is 3.73. The number of esters is 1. The van der Waals surface area contributed by atoms with Crippen molar-refractivity contribution in [1.29, 1.82) is 0 Å². The van der Waals surface area contributed by atoms with Gasteiger partial charge in [-0.2, -0.15) is 0 Å². The summed E-state index contributed by atoms with van der Waals surface area (Å²) >= 11 is 0. The lowest BCUT2D eigenvalue weighted by molar-refractivity contribution is -0.145. The van der Waals surface area contributed by atoms with E-state index < -0.39 is 0 Å². The summed E-state index contributed by atoms with van der Waals surface area (Å²) in [5.74, 6) is 0.462. The molecule has 1 aliphatic rings. The zero-order valence-corrected chi connectivity index (χ0v) is 8.13. The van der Waals surface area contributed by atoms with E-state index in [-0.39, 0.29) is 5.97 Å². The number of ether oxygens (including phenoxy) is 1. The number of hydrogen-bond acceptors (Lipinski definition) is 3. The molecule has 1 rings (SSSR count). The third kappa shape index (κ3) is 4.27. The summed E-state index contributed by atoms with van der Waals surface area (Å²) in [6, 6.07) is 0. The lowest BCUT2D eigenvalue weighted by Crippen LogP contribution is -2.18. The third-order valence-electron chi connectivity index (χ3n) is 2.55. The monoisotopic (exact) mass is 185 g/mol. The van der Waals surface area contributed by atoms with E-state index in [1.54, 1.807) is 0 Å². The van der Waals surface area contributed by atoms with Gasteiger partial charge in [0.05, 0.1) is 13.0 Å². The van der Waals surface area contributed by atoms with E-state index in [0.29, 0.717) is 25.5 Å². The van der Waals surface area contributed by atoms with E-state index in [4.69, 9.17) is 10.5 Å². The molecule has 1 fully saturated rings. The fourth-order valence-corrected chi connectivity index (χ4v) is 1.75. The molecular formula is C10H19NO2. The zero-order valence-electron chi connectivity index (χ0n) is 8.13. The highest BCUT2D eigenvalue weighted by molar-refractivity contribution is 5.69. The van der Waals surface area contributed by atoms with Crippen molar-refractivity contribution < 1.29 is 9.53 Å². The van der Waals surface area contributed by atoms with Crippen LogP contribution in [0.1, 0.15) is 38.5 Å². The van der Waals surface area contributed by atoms with Crippen molar-refractivity contribution in [1.82, 2.24) is 0 Å². The molecular weight excluding hydrogens is 166 g/mol. The largest absolute Gasteiger partial charge is 0.465 e. The third-order valence-corrected chi connectivity index (χ3v) is 2.55. The molecule has 0 bridgehead atoms. The van der Waals surface area contributed by atoms with Crippen molar-refractivity contribution in [3.63, 3.8) is 0 Å². The van der Waals surface area contributed by atoms with E-state index in [1.165, 1.54) is 32.1 Å². The fourth-order valence-electron chi connectivity index (χ4n) is 1.75. The molecule has 0 aliphatic heterocycles. The SMILES string of the molecule is NCCC(=O)OCC1CCCCC1. The van der Waals surface area contributed by atoms with E-state index in [9.17, 15) is 4.79 Å². The zero-order chi connectivity index (χ0) is 9.52. The van der Waals surface area contributed by atoms with Gasteiger partial charge in [-0.05, 0) is 18.8 Å². The van der Waals surface area contributed by atoms with Crippen molar-refractivity contribution >= 4 is 5.97 Å². The first kappa shape index (κ1) is 10.5. The molecule has 76 valence electrons. The smallest absolute Gasteiger partial charge is 0.307 e. The maximum absolute atomic E-state index is 11.0. The van der Waals surface area contributed by atoms with E-state index >= 15 is 0 Å². The van der Waals surface area contributed by atoms with Crippen molar-refractivity contribution in [3.8, 4) is 0 Å². The Morgan fingerprint density at radius 1 is 1.31 bits per heavy atom. The van der Waals surface area contributed by atoms with Gasteiger partial charge in [0.1, 0.15) is 0 Å². The maximum Gasteiger partial charge on any atom is 0.307 e. The van der Waals surface area contributed by atoms with Crippen molar-refractivity contribution in [2.24, 2.45) is 11.7 Å². The van der Waals surface area contributed by atoms with E-state index in [0.717, 1.165) is 0 Å². The lowest BCUT2D eigenvalue weighted by atomic mass is 9.90. The summed E-state index contributed by atoms with van der Waals surface area (Å²) < 4.78 is 5.10. The fraction of sp³-hybridized carbons (Fsp3) is 0.900. The Morgan fingerprint density at radius 3 is 2.62 bits per heavy atom. The maximum atomic E-state index is 11.0. The molecule has 0 unspecified atom stereocenters. The van der Waals surface area contributed by atoms with Crippen LogP contribution in [-0.4, -0.2) is 19.1 Å². The first-order valence-electron chi connectivity index (χ1n) is 5.18. The highest BCUT2D eigenvalue weighted by Crippen LogP contribution is 2.23. The molecule has 0 amide bonds. The molecule has 0 aromatic rings. The first-order chi connectivity index (χ1) is 6.33. The molecule has 0 heterocycles. The van der Waals surface area contributed by atoms with Crippen LogP contribution >= 0.6 is 0 Å². The van der Waals surface area contributed by atoms with Crippen LogP contribution in [0.2, 0.25) is 0 Å². The number of nitrogens with two attached hydrogens (primary N) is 1. The van der Waals surface area contributed by atoms with Gasteiger partial charge in [-0.25, -0.2) is 0 Å². The molecule has 13 heavy (non-hydrogen) atoms. The van der Waals surface area contributed by atoms with Crippen LogP contribution in [0.4, 0.5) is 0 Å². The lowest BCUT2D eigenvalue weighted by Gasteiger charge is -2.20. The number of rotatable bonds is 4. The summed E-state index contributed by atoms with van der Waals surface area (Å²) in [6.45, 7) is 1.00.